The molecule has 0 saturated heterocycles. The summed E-state index contributed by atoms with van der Waals surface area (Å²) in [5.74, 6) is -0.930. The molecule has 0 unspecified atom stereocenters. The van der Waals surface area contributed by atoms with Gasteiger partial charge in [-0.15, -0.1) is 0 Å². The second kappa shape index (κ2) is 6.56. The fourth-order valence-electron chi connectivity index (χ4n) is 2.48. The SMILES string of the molecule is CCN(CC)c1nc(C)cc(-c2ccc(F)cc2)c1C(=O)O. The standard InChI is InChI=1S/C17H19FN2O2/c1-4-20(5-2)16-15(17(21)22)14(10-11(3)19-16)12-6-8-13(18)9-7-12/h6-10H,4-5H2,1-3H3,(H,21,22). The number of carboxylic acids is 1. The van der Waals surface area contributed by atoms with E-state index in [1.54, 1.807) is 18.2 Å². The van der Waals surface area contributed by atoms with Crippen molar-refractivity contribution in [3.63, 3.8) is 0 Å². The maximum atomic E-state index is 13.1. The van der Waals surface area contributed by atoms with E-state index in [-0.39, 0.29) is 11.4 Å². The Balaban J connectivity index is 2.72. The summed E-state index contributed by atoms with van der Waals surface area (Å²) in [5, 5.41) is 9.65. The first kappa shape index (κ1) is 15.9. The number of aromatic carboxylic acids is 1. The maximum Gasteiger partial charge on any atom is 0.340 e. The Morgan fingerprint density at radius 1 is 1.23 bits per heavy atom. The van der Waals surface area contributed by atoms with Gasteiger partial charge in [0.2, 0.25) is 0 Å². The van der Waals surface area contributed by atoms with E-state index in [1.165, 1.54) is 12.1 Å². The third-order valence-electron chi connectivity index (χ3n) is 3.56. The monoisotopic (exact) mass is 302 g/mol. The van der Waals surface area contributed by atoms with Gasteiger partial charge >= 0.3 is 5.97 Å². The number of aryl methyl sites for hydroxylation is 1. The molecule has 1 N–H and O–H groups in total. The molecule has 5 heteroatoms. The molecule has 0 bridgehead atoms. The lowest BCUT2D eigenvalue weighted by Gasteiger charge is -2.23. The van der Waals surface area contributed by atoms with Gasteiger partial charge in [0.15, 0.2) is 0 Å². The highest BCUT2D eigenvalue weighted by atomic mass is 19.1. The lowest BCUT2D eigenvalue weighted by molar-refractivity contribution is 0.0698. The first-order valence-corrected chi connectivity index (χ1v) is 7.23. The molecule has 2 rings (SSSR count). The quantitative estimate of drug-likeness (QED) is 0.914. The van der Waals surface area contributed by atoms with Gasteiger partial charge in [-0.3, -0.25) is 0 Å². The van der Waals surface area contributed by atoms with E-state index in [1.807, 2.05) is 25.7 Å². The molecule has 1 aromatic heterocycles. The molecule has 0 aliphatic carbocycles. The number of benzene rings is 1. The average molecular weight is 302 g/mol. The summed E-state index contributed by atoms with van der Waals surface area (Å²) in [5.41, 5.74) is 2.10. The van der Waals surface area contributed by atoms with Crippen LogP contribution in [-0.4, -0.2) is 29.1 Å². The topological polar surface area (TPSA) is 53.4 Å². The summed E-state index contributed by atoms with van der Waals surface area (Å²) >= 11 is 0. The Bertz CT molecular complexity index is 680. The molecule has 0 aliphatic heterocycles. The fraction of sp³-hybridized carbons (Fsp3) is 0.294. The summed E-state index contributed by atoms with van der Waals surface area (Å²) in [6.07, 6.45) is 0. The minimum atomic E-state index is -1.03. The normalized spacial score (nSPS) is 10.5. The van der Waals surface area contributed by atoms with Gasteiger partial charge in [0.25, 0.3) is 0 Å². The molecule has 22 heavy (non-hydrogen) atoms. The number of anilines is 1. The molecule has 0 fully saturated rings. The van der Waals surface area contributed by atoms with E-state index < -0.39 is 5.97 Å². The number of carboxylic acid groups (broad SMARTS) is 1. The second-order valence-electron chi connectivity index (χ2n) is 4.99. The van der Waals surface area contributed by atoms with Gasteiger partial charge in [-0.25, -0.2) is 14.2 Å². The van der Waals surface area contributed by atoms with Crippen molar-refractivity contribution in [2.75, 3.05) is 18.0 Å². The number of hydrogen-bond acceptors (Lipinski definition) is 3. The molecule has 1 aromatic carbocycles. The summed E-state index contributed by atoms with van der Waals surface area (Å²) in [6, 6.07) is 7.55. The minimum Gasteiger partial charge on any atom is -0.478 e. The Kier molecular flexibility index (Phi) is 4.75. The number of rotatable bonds is 5. The van der Waals surface area contributed by atoms with Gasteiger partial charge in [-0.2, -0.15) is 0 Å². The van der Waals surface area contributed by atoms with Gasteiger partial charge in [0.05, 0.1) is 0 Å². The molecule has 0 saturated carbocycles. The smallest absolute Gasteiger partial charge is 0.340 e. The largest absolute Gasteiger partial charge is 0.478 e. The summed E-state index contributed by atoms with van der Waals surface area (Å²) < 4.78 is 13.1. The number of carbonyl (C=O) groups is 1. The zero-order valence-electron chi connectivity index (χ0n) is 12.9. The zero-order valence-corrected chi connectivity index (χ0v) is 12.9. The second-order valence-corrected chi connectivity index (χ2v) is 4.99. The van der Waals surface area contributed by atoms with Gasteiger partial charge in [0.1, 0.15) is 17.2 Å². The number of nitrogens with zero attached hydrogens (tertiary/aromatic N) is 2. The molecule has 116 valence electrons. The number of halogens is 1. The van der Waals surface area contributed by atoms with E-state index in [0.717, 1.165) is 5.69 Å². The van der Waals surface area contributed by atoms with E-state index in [0.29, 0.717) is 30.0 Å². The van der Waals surface area contributed by atoms with E-state index in [2.05, 4.69) is 4.98 Å². The highest BCUT2D eigenvalue weighted by molar-refractivity contribution is 6.01. The zero-order chi connectivity index (χ0) is 16.3. The summed E-state index contributed by atoms with van der Waals surface area (Å²) in [6.45, 7) is 7.06. The maximum absolute atomic E-state index is 13.1. The molecule has 0 atom stereocenters. The molecule has 4 nitrogen and oxygen atoms in total. The van der Waals surface area contributed by atoms with Crippen LogP contribution in [-0.2, 0) is 0 Å². The number of hydrogen-bond donors (Lipinski definition) is 1. The van der Waals surface area contributed by atoms with Gasteiger partial charge in [0, 0.05) is 24.3 Å². The Hall–Kier alpha value is -2.43. The lowest BCUT2D eigenvalue weighted by atomic mass is 9.99. The van der Waals surface area contributed by atoms with Crippen molar-refractivity contribution in [1.82, 2.24) is 4.98 Å². The average Bonchev–Trinajstić information content (AvgIpc) is 2.48. The Labute approximate surface area is 129 Å². The minimum absolute atomic E-state index is 0.154. The van der Waals surface area contributed by atoms with Crippen molar-refractivity contribution in [3.05, 3.63) is 47.4 Å². The van der Waals surface area contributed by atoms with Crippen LogP contribution in [0.25, 0.3) is 11.1 Å². The lowest BCUT2D eigenvalue weighted by Crippen LogP contribution is -2.26. The first-order valence-electron chi connectivity index (χ1n) is 7.23. The summed E-state index contributed by atoms with van der Waals surface area (Å²) in [4.78, 5) is 18.1. The van der Waals surface area contributed by atoms with Crippen LogP contribution in [0.2, 0.25) is 0 Å². The third-order valence-corrected chi connectivity index (χ3v) is 3.56. The van der Waals surface area contributed by atoms with Crippen LogP contribution >= 0.6 is 0 Å². The van der Waals surface area contributed by atoms with Crippen molar-refractivity contribution in [2.24, 2.45) is 0 Å². The first-order chi connectivity index (χ1) is 10.5. The van der Waals surface area contributed by atoms with Crippen molar-refractivity contribution < 1.29 is 14.3 Å². The van der Waals surface area contributed by atoms with E-state index in [9.17, 15) is 14.3 Å². The summed E-state index contributed by atoms with van der Waals surface area (Å²) in [7, 11) is 0. The van der Waals surface area contributed by atoms with Crippen molar-refractivity contribution >= 4 is 11.8 Å². The van der Waals surface area contributed by atoms with Crippen molar-refractivity contribution in [2.45, 2.75) is 20.8 Å². The molecule has 0 aliphatic rings. The van der Waals surface area contributed by atoms with Crippen LogP contribution < -0.4 is 4.90 Å². The molecule has 0 amide bonds. The van der Waals surface area contributed by atoms with Crippen molar-refractivity contribution in [1.29, 1.82) is 0 Å². The van der Waals surface area contributed by atoms with Gasteiger partial charge < -0.3 is 10.0 Å². The van der Waals surface area contributed by atoms with Crippen LogP contribution in [0.1, 0.15) is 29.9 Å². The Morgan fingerprint density at radius 2 is 1.82 bits per heavy atom. The highest BCUT2D eigenvalue weighted by Gasteiger charge is 2.22. The van der Waals surface area contributed by atoms with Crippen LogP contribution in [0.5, 0.6) is 0 Å². The van der Waals surface area contributed by atoms with E-state index >= 15 is 0 Å². The molecule has 1 heterocycles. The van der Waals surface area contributed by atoms with E-state index in [4.69, 9.17) is 0 Å². The molecule has 2 aromatic rings. The van der Waals surface area contributed by atoms with Crippen LogP contribution in [0, 0.1) is 12.7 Å². The fourth-order valence-corrected chi connectivity index (χ4v) is 2.48. The number of pyridine rings is 1. The predicted molar refractivity (Wildman–Crippen MR) is 84.9 cm³/mol. The molecular formula is C17H19FN2O2. The molecular weight excluding hydrogens is 283 g/mol. The van der Waals surface area contributed by atoms with Crippen molar-refractivity contribution in [3.8, 4) is 11.1 Å². The van der Waals surface area contributed by atoms with Crippen LogP contribution in [0.15, 0.2) is 30.3 Å². The van der Waals surface area contributed by atoms with Gasteiger partial charge in [-0.05, 0) is 44.5 Å². The van der Waals surface area contributed by atoms with Gasteiger partial charge in [-0.1, -0.05) is 12.1 Å². The number of aromatic nitrogens is 1. The molecule has 0 radical (unpaired) electrons. The third kappa shape index (κ3) is 3.08. The van der Waals surface area contributed by atoms with Crippen LogP contribution in [0.4, 0.5) is 10.2 Å². The predicted octanol–water partition coefficient (Wildman–Crippen LogP) is 3.74. The van der Waals surface area contributed by atoms with Crippen LogP contribution in [0.3, 0.4) is 0 Å². The Morgan fingerprint density at radius 3 is 2.32 bits per heavy atom. The highest BCUT2D eigenvalue weighted by Crippen LogP contribution is 2.31. The molecule has 0 spiro atoms.